The van der Waals surface area contributed by atoms with Crippen LogP contribution in [0.3, 0.4) is 0 Å². The average Bonchev–Trinajstić information content (AvgIpc) is 2.05. The van der Waals surface area contributed by atoms with E-state index in [1.165, 1.54) is 0 Å². The predicted octanol–water partition coefficient (Wildman–Crippen LogP) is 0.986. The zero-order valence-corrected chi connectivity index (χ0v) is 7.14. The van der Waals surface area contributed by atoms with Gasteiger partial charge >= 0.3 is 0 Å². The fourth-order valence-corrected chi connectivity index (χ4v) is 1.05. The van der Waals surface area contributed by atoms with Gasteiger partial charge in [-0.1, -0.05) is 23.7 Å². The van der Waals surface area contributed by atoms with Crippen LogP contribution in [0.5, 0.6) is 0 Å². The van der Waals surface area contributed by atoms with Gasteiger partial charge in [-0.25, -0.2) is 0 Å². The van der Waals surface area contributed by atoms with Crippen molar-refractivity contribution in [3.8, 4) is 0 Å². The summed E-state index contributed by atoms with van der Waals surface area (Å²) < 4.78 is 0. The molecule has 0 spiro atoms. The van der Waals surface area contributed by atoms with E-state index in [1.807, 2.05) is 0 Å². The highest BCUT2D eigenvalue weighted by molar-refractivity contribution is 6.33. The zero-order chi connectivity index (χ0) is 8.97. The van der Waals surface area contributed by atoms with E-state index >= 15 is 0 Å². The van der Waals surface area contributed by atoms with Gasteiger partial charge in [0, 0.05) is 0 Å². The summed E-state index contributed by atoms with van der Waals surface area (Å²) in [5, 5.41) is 2.89. The average molecular weight is 185 g/mol. The van der Waals surface area contributed by atoms with Crippen molar-refractivity contribution < 1.29 is 4.79 Å². The number of rotatable bonds is 2. The Morgan fingerprint density at radius 3 is 2.75 bits per heavy atom. The lowest BCUT2D eigenvalue weighted by Crippen LogP contribution is -2.29. The number of carbonyl (C=O) groups is 1. The Morgan fingerprint density at radius 2 is 2.17 bits per heavy atom. The van der Waals surface area contributed by atoms with Crippen LogP contribution in [0, 0.1) is 0 Å². The van der Waals surface area contributed by atoms with E-state index < -0.39 is 0 Å². The van der Waals surface area contributed by atoms with E-state index in [-0.39, 0.29) is 12.6 Å². The van der Waals surface area contributed by atoms with Gasteiger partial charge in [0.05, 0.1) is 17.3 Å². The fourth-order valence-electron chi connectivity index (χ4n) is 0.833. The van der Waals surface area contributed by atoms with E-state index in [0.29, 0.717) is 10.6 Å². The molecule has 1 rings (SSSR count). The summed E-state index contributed by atoms with van der Waals surface area (Å²) in [5.74, 6) is -0.247. The predicted molar refractivity (Wildman–Crippen MR) is 48.0 cm³/mol. The second kappa shape index (κ2) is 4.09. The van der Waals surface area contributed by atoms with Crippen LogP contribution < -0.4 is 11.1 Å². The standard InChI is InChI=1S/C8H9ClN2O/c9-7-4-2-1-3-6(7)8(12)11-5-10/h1-4H,5,10H2,(H,11,12). The summed E-state index contributed by atoms with van der Waals surface area (Å²) in [6.07, 6.45) is 0. The lowest BCUT2D eigenvalue weighted by Gasteiger charge is -2.02. The second-order valence-corrected chi connectivity index (χ2v) is 2.60. The van der Waals surface area contributed by atoms with Gasteiger partial charge in [0.25, 0.3) is 5.91 Å². The second-order valence-electron chi connectivity index (χ2n) is 2.19. The van der Waals surface area contributed by atoms with Crippen LogP contribution in [-0.4, -0.2) is 12.6 Å². The van der Waals surface area contributed by atoms with Crippen molar-refractivity contribution in [3.05, 3.63) is 34.9 Å². The minimum atomic E-state index is -0.247. The van der Waals surface area contributed by atoms with Gasteiger partial charge < -0.3 is 11.1 Å². The van der Waals surface area contributed by atoms with Gasteiger partial charge in [-0.15, -0.1) is 0 Å². The van der Waals surface area contributed by atoms with Gasteiger partial charge in [-0.3, -0.25) is 4.79 Å². The van der Waals surface area contributed by atoms with Crippen molar-refractivity contribution in [2.24, 2.45) is 5.73 Å². The molecular formula is C8H9ClN2O. The third-order valence-corrected chi connectivity index (χ3v) is 1.71. The molecule has 0 saturated heterocycles. The highest BCUT2D eigenvalue weighted by Gasteiger charge is 2.06. The van der Waals surface area contributed by atoms with Crippen molar-refractivity contribution in [3.63, 3.8) is 0 Å². The van der Waals surface area contributed by atoms with Crippen molar-refractivity contribution in [2.45, 2.75) is 0 Å². The summed E-state index contributed by atoms with van der Waals surface area (Å²) in [6, 6.07) is 6.82. The molecule has 3 nitrogen and oxygen atoms in total. The first-order valence-corrected chi connectivity index (χ1v) is 3.86. The monoisotopic (exact) mass is 184 g/mol. The van der Waals surface area contributed by atoms with Gasteiger partial charge in [0.15, 0.2) is 0 Å². The summed E-state index contributed by atoms with van der Waals surface area (Å²) in [4.78, 5) is 11.2. The number of carbonyl (C=O) groups excluding carboxylic acids is 1. The molecule has 0 heterocycles. The molecule has 0 atom stereocenters. The molecule has 1 amide bonds. The van der Waals surface area contributed by atoms with Gasteiger partial charge in [0.1, 0.15) is 0 Å². The molecule has 0 bridgehead atoms. The molecule has 0 fully saturated rings. The number of halogens is 1. The molecule has 0 aliphatic heterocycles. The van der Waals surface area contributed by atoms with Crippen LogP contribution in [0.1, 0.15) is 10.4 Å². The summed E-state index contributed by atoms with van der Waals surface area (Å²) in [7, 11) is 0. The highest BCUT2D eigenvalue weighted by Crippen LogP contribution is 2.13. The van der Waals surface area contributed by atoms with Crippen molar-refractivity contribution in [2.75, 3.05) is 6.67 Å². The number of nitrogens with one attached hydrogen (secondary N) is 1. The number of nitrogens with two attached hydrogens (primary N) is 1. The normalized spacial score (nSPS) is 9.50. The molecule has 1 aromatic carbocycles. The quantitative estimate of drug-likeness (QED) is 0.674. The molecule has 0 radical (unpaired) electrons. The van der Waals surface area contributed by atoms with Crippen LogP contribution in [0.4, 0.5) is 0 Å². The molecule has 64 valence electrons. The molecule has 3 N–H and O–H groups in total. The zero-order valence-electron chi connectivity index (χ0n) is 6.38. The van der Waals surface area contributed by atoms with Crippen molar-refractivity contribution >= 4 is 17.5 Å². The van der Waals surface area contributed by atoms with E-state index in [4.69, 9.17) is 17.3 Å². The molecule has 1 aromatic rings. The Hall–Kier alpha value is -1.06. The van der Waals surface area contributed by atoms with Crippen LogP contribution in [0.15, 0.2) is 24.3 Å². The Morgan fingerprint density at radius 1 is 1.50 bits per heavy atom. The lowest BCUT2D eigenvalue weighted by molar-refractivity contribution is 0.0955. The van der Waals surface area contributed by atoms with Gasteiger partial charge in [-0.2, -0.15) is 0 Å². The Balaban J connectivity index is 2.87. The maximum Gasteiger partial charge on any atom is 0.253 e. The van der Waals surface area contributed by atoms with Crippen LogP contribution in [0.25, 0.3) is 0 Å². The SMILES string of the molecule is NCNC(=O)c1ccccc1Cl. The van der Waals surface area contributed by atoms with Crippen molar-refractivity contribution in [1.29, 1.82) is 0 Å². The van der Waals surface area contributed by atoms with Gasteiger partial charge in [-0.05, 0) is 12.1 Å². The lowest BCUT2D eigenvalue weighted by atomic mass is 10.2. The third-order valence-electron chi connectivity index (χ3n) is 1.38. The van der Waals surface area contributed by atoms with Crippen LogP contribution in [0.2, 0.25) is 5.02 Å². The minimum absolute atomic E-state index is 0.115. The molecule has 0 saturated carbocycles. The number of benzene rings is 1. The van der Waals surface area contributed by atoms with Crippen molar-refractivity contribution in [1.82, 2.24) is 5.32 Å². The first-order chi connectivity index (χ1) is 5.75. The maximum absolute atomic E-state index is 11.2. The molecular weight excluding hydrogens is 176 g/mol. The van der Waals surface area contributed by atoms with Crippen LogP contribution >= 0.6 is 11.6 Å². The molecule has 0 aliphatic carbocycles. The van der Waals surface area contributed by atoms with Crippen LogP contribution in [-0.2, 0) is 0 Å². The molecule has 12 heavy (non-hydrogen) atoms. The van der Waals surface area contributed by atoms with E-state index in [0.717, 1.165) is 0 Å². The number of hydrogen-bond donors (Lipinski definition) is 2. The highest BCUT2D eigenvalue weighted by atomic mass is 35.5. The molecule has 0 aromatic heterocycles. The summed E-state index contributed by atoms with van der Waals surface area (Å²) in [6.45, 7) is 0.115. The summed E-state index contributed by atoms with van der Waals surface area (Å²) in [5.41, 5.74) is 5.59. The molecule has 4 heteroatoms. The Kier molecular flexibility index (Phi) is 3.08. The Bertz CT molecular complexity index is 288. The molecule has 0 unspecified atom stereocenters. The Labute approximate surface area is 75.5 Å². The van der Waals surface area contributed by atoms with E-state index in [9.17, 15) is 4.79 Å². The number of hydrogen-bond acceptors (Lipinski definition) is 2. The fraction of sp³-hybridized carbons (Fsp3) is 0.125. The maximum atomic E-state index is 11.2. The third kappa shape index (κ3) is 1.96. The van der Waals surface area contributed by atoms with Gasteiger partial charge in [0.2, 0.25) is 0 Å². The first kappa shape index (κ1) is 9.03. The topological polar surface area (TPSA) is 55.1 Å². The minimum Gasteiger partial charge on any atom is -0.340 e. The van der Waals surface area contributed by atoms with E-state index in [1.54, 1.807) is 24.3 Å². The summed E-state index contributed by atoms with van der Waals surface area (Å²) >= 11 is 5.75. The smallest absolute Gasteiger partial charge is 0.253 e. The first-order valence-electron chi connectivity index (χ1n) is 3.48. The van der Waals surface area contributed by atoms with E-state index in [2.05, 4.69) is 5.32 Å². The number of amides is 1. The largest absolute Gasteiger partial charge is 0.340 e. The molecule has 0 aliphatic rings.